The van der Waals surface area contributed by atoms with Gasteiger partial charge in [-0.05, 0) is 17.9 Å². The number of hydrogen-bond donors (Lipinski definition) is 2. The fraction of sp³-hybridized carbons (Fsp3) is 0.312. The molecule has 3 aromatic rings. The van der Waals surface area contributed by atoms with Crippen molar-refractivity contribution in [2.75, 3.05) is 5.43 Å². The van der Waals surface area contributed by atoms with E-state index in [2.05, 4.69) is 65.6 Å². The van der Waals surface area contributed by atoms with Gasteiger partial charge in [0, 0.05) is 5.56 Å². The molecule has 0 aliphatic rings. The molecule has 7 heteroatoms. The molecule has 3 N–H and O–H groups in total. The van der Waals surface area contributed by atoms with E-state index < -0.39 is 0 Å². The van der Waals surface area contributed by atoms with Gasteiger partial charge in [0.25, 0.3) is 5.89 Å². The summed E-state index contributed by atoms with van der Waals surface area (Å²) in [4.78, 5) is 5.48. The van der Waals surface area contributed by atoms with Gasteiger partial charge in [-0.2, -0.15) is 0 Å². The Bertz CT molecular complexity index is 814. The number of nitrogen functional groups attached to an aromatic ring is 1. The SMILES string of the molecule is Cc1nc(-c2ccc(C(C)(C)C)cc2)sc1-c1nnc(NN)o1. The summed E-state index contributed by atoms with van der Waals surface area (Å²) in [6.45, 7) is 8.53. The third-order valence-corrected chi connectivity index (χ3v) is 4.73. The van der Waals surface area contributed by atoms with E-state index >= 15 is 0 Å². The number of hydrogen-bond acceptors (Lipinski definition) is 7. The molecule has 6 nitrogen and oxygen atoms in total. The molecule has 0 saturated carbocycles. The number of aryl methyl sites for hydroxylation is 1. The maximum Gasteiger partial charge on any atom is 0.330 e. The first kappa shape index (κ1) is 15.6. The molecule has 0 amide bonds. The Morgan fingerprint density at radius 3 is 2.39 bits per heavy atom. The molecule has 2 heterocycles. The molecule has 0 saturated heterocycles. The van der Waals surface area contributed by atoms with Crippen molar-refractivity contribution in [3.8, 4) is 21.3 Å². The van der Waals surface area contributed by atoms with Crippen LogP contribution in [0.2, 0.25) is 0 Å². The fourth-order valence-electron chi connectivity index (χ4n) is 2.20. The standard InChI is InChI=1S/C16H19N5OS/c1-9-12(13-20-21-15(19-17)22-13)23-14(18-9)10-5-7-11(8-6-10)16(2,3)4/h5-8H,17H2,1-4H3,(H,19,21). The molecule has 0 unspecified atom stereocenters. The van der Waals surface area contributed by atoms with Gasteiger partial charge >= 0.3 is 6.01 Å². The van der Waals surface area contributed by atoms with Gasteiger partial charge in [-0.25, -0.2) is 10.8 Å². The molecule has 0 aliphatic carbocycles. The molecule has 0 fully saturated rings. The number of benzene rings is 1. The normalized spacial score (nSPS) is 11.7. The van der Waals surface area contributed by atoms with Gasteiger partial charge in [0.1, 0.15) is 9.88 Å². The summed E-state index contributed by atoms with van der Waals surface area (Å²) in [7, 11) is 0. The number of thiazole rings is 1. The zero-order chi connectivity index (χ0) is 16.6. The molecule has 0 spiro atoms. The van der Waals surface area contributed by atoms with Crippen LogP contribution in [0.3, 0.4) is 0 Å². The lowest BCUT2D eigenvalue weighted by molar-refractivity contribution is 0.583. The molecule has 3 rings (SSSR count). The van der Waals surface area contributed by atoms with Crippen LogP contribution in [0.1, 0.15) is 32.0 Å². The minimum absolute atomic E-state index is 0.137. The predicted octanol–water partition coefficient (Wildman–Crippen LogP) is 3.75. The summed E-state index contributed by atoms with van der Waals surface area (Å²) >= 11 is 1.53. The second kappa shape index (κ2) is 5.75. The summed E-state index contributed by atoms with van der Waals surface area (Å²) in [6.07, 6.45) is 0. The van der Waals surface area contributed by atoms with Gasteiger partial charge in [0.15, 0.2) is 0 Å². The molecule has 0 radical (unpaired) electrons. The van der Waals surface area contributed by atoms with E-state index in [1.807, 2.05) is 6.92 Å². The number of hydrazine groups is 1. The van der Waals surface area contributed by atoms with Crippen molar-refractivity contribution in [1.82, 2.24) is 15.2 Å². The van der Waals surface area contributed by atoms with Crippen molar-refractivity contribution < 1.29 is 4.42 Å². The van der Waals surface area contributed by atoms with Crippen molar-refractivity contribution in [3.05, 3.63) is 35.5 Å². The quantitative estimate of drug-likeness (QED) is 0.562. The summed E-state index contributed by atoms with van der Waals surface area (Å²) in [5.74, 6) is 5.69. The fourth-order valence-corrected chi connectivity index (χ4v) is 3.20. The van der Waals surface area contributed by atoms with Crippen LogP contribution in [0.5, 0.6) is 0 Å². The third kappa shape index (κ3) is 3.11. The Kier molecular flexibility index (Phi) is 3.91. The zero-order valence-electron chi connectivity index (χ0n) is 13.5. The first-order valence-corrected chi connectivity index (χ1v) is 8.09. The summed E-state index contributed by atoms with van der Waals surface area (Å²) in [5.41, 5.74) is 5.71. The van der Waals surface area contributed by atoms with E-state index in [9.17, 15) is 0 Å². The van der Waals surface area contributed by atoms with Crippen molar-refractivity contribution >= 4 is 17.4 Å². The van der Waals surface area contributed by atoms with Gasteiger partial charge < -0.3 is 4.42 Å². The van der Waals surface area contributed by atoms with E-state index in [1.165, 1.54) is 16.9 Å². The van der Waals surface area contributed by atoms with Crippen LogP contribution in [-0.4, -0.2) is 15.2 Å². The maximum absolute atomic E-state index is 5.42. The van der Waals surface area contributed by atoms with Crippen molar-refractivity contribution in [1.29, 1.82) is 0 Å². The van der Waals surface area contributed by atoms with Crippen LogP contribution < -0.4 is 11.3 Å². The number of nitrogens with zero attached hydrogens (tertiary/aromatic N) is 3. The summed E-state index contributed by atoms with van der Waals surface area (Å²) in [5, 5.41) is 8.71. The lowest BCUT2D eigenvalue weighted by Crippen LogP contribution is -2.10. The summed E-state index contributed by atoms with van der Waals surface area (Å²) in [6, 6.07) is 8.68. The highest BCUT2D eigenvalue weighted by Gasteiger charge is 2.18. The Morgan fingerprint density at radius 2 is 1.83 bits per heavy atom. The molecule has 0 atom stereocenters. The average molecular weight is 329 g/mol. The Morgan fingerprint density at radius 1 is 1.13 bits per heavy atom. The van der Waals surface area contributed by atoms with Crippen LogP contribution in [0.4, 0.5) is 6.01 Å². The van der Waals surface area contributed by atoms with Crippen molar-refractivity contribution in [2.45, 2.75) is 33.1 Å². The molecular weight excluding hydrogens is 310 g/mol. The van der Waals surface area contributed by atoms with Gasteiger partial charge in [-0.3, -0.25) is 5.43 Å². The van der Waals surface area contributed by atoms with E-state index in [0.29, 0.717) is 5.89 Å². The predicted molar refractivity (Wildman–Crippen MR) is 92.1 cm³/mol. The Hall–Kier alpha value is -2.25. The van der Waals surface area contributed by atoms with E-state index in [4.69, 9.17) is 10.3 Å². The lowest BCUT2D eigenvalue weighted by Gasteiger charge is -2.18. The van der Waals surface area contributed by atoms with Gasteiger partial charge in [-0.1, -0.05) is 50.1 Å². The van der Waals surface area contributed by atoms with Gasteiger partial charge in [0.2, 0.25) is 0 Å². The first-order valence-electron chi connectivity index (χ1n) is 7.27. The number of anilines is 1. The monoisotopic (exact) mass is 329 g/mol. The van der Waals surface area contributed by atoms with Crippen LogP contribution in [0.15, 0.2) is 28.7 Å². The van der Waals surface area contributed by atoms with Crippen molar-refractivity contribution in [2.24, 2.45) is 5.84 Å². The molecule has 0 aliphatic heterocycles. The molecule has 1 aromatic carbocycles. The second-order valence-corrected chi connectivity index (χ2v) is 7.32. The average Bonchev–Trinajstić information content (AvgIpc) is 3.12. The van der Waals surface area contributed by atoms with E-state index in [-0.39, 0.29) is 11.4 Å². The first-order chi connectivity index (χ1) is 10.9. The molecular formula is C16H19N5OS. The highest BCUT2D eigenvalue weighted by molar-refractivity contribution is 7.18. The Labute approximate surface area is 138 Å². The minimum Gasteiger partial charge on any atom is -0.402 e. The van der Waals surface area contributed by atoms with Gasteiger partial charge in [0.05, 0.1) is 5.69 Å². The largest absolute Gasteiger partial charge is 0.402 e. The molecule has 0 bridgehead atoms. The minimum atomic E-state index is 0.137. The van der Waals surface area contributed by atoms with Gasteiger partial charge in [-0.15, -0.1) is 16.4 Å². The number of aromatic nitrogens is 3. The smallest absolute Gasteiger partial charge is 0.330 e. The Balaban J connectivity index is 1.94. The lowest BCUT2D eigenvalue weighted by atomic mass is 9.87. The highest BCUT2D eigenvalue weighted by atomic mass is 32.1. The molecule has 23 heavy (non-hydrogen) atoms. The van der Waals surface area contributed by atoms with E-state index in [1.54, 1.807) is 0 Å². The van der Waals surface area contributed by atoms with Crippen LogP contribution in [0, 0.1) is 6.92 Å². The van der Waals surface area contributed by atoms with Crippen LogP contribution in [0.25, 0.3) is 21.3 Å². The van der Waals surface area contributed by atoms with Crippen molar-refractivity contribution in [3.63, 3.8) is 0 Å². The third-order valence-electron chi connectivity index (χ3n) is 3.54. The highest BCUT2D eigenvalue weighted by Crippen LogP contribution is 2.35. The second-order valence-electron chi connectivity index (χ2n) is 6.32. The number of nitrogens with two attached hydrogens (primary N) is 1. The van der Waals surface area contributed by atoms with Crippen LogP contribution >= 0.6 is 11.3 Å². The number of nitrogens with one attached hydrogen (secondary N) is 1. The zero-order valence-corrected chi connectivity index (χ0v) is 14.4. The maximum atomic E-state index is 5.42. The van der Waals surface area contributed by atoms with E-state index in [0.717, 1.165) is 21.1 Å². The van der Waals surface area contributed by atoms with Crippen LogP contribution in [-0.2, 0) is 5.41 Å². The number of rotatable bonds is 3. The summed E-state index contributed by atoms with van der Waals surface area (Å²) < 4.78 is 5.42. The topological polar surface area (TPSA) is 89.9 Å². The molecule has 2 aromatic heterocycles. The molecule has 120 valence electrons.